The highest BCUT2D eigenvalue weighted by Crippen LogP contribution is 2.09. The van der Waals surface area contributed by atoms with Crippen LogP contribution >= 0.6 is 0 Å². The molecule has 7 nitrogen and oxygen atoms in total. The second-order valence-corrected chi connectivity index (χ2v) is 6.13. The molecular formula is C21H22N4O3. The van der Waals surface area contributed by atoms with Gasteiger partial charge in [0.25, 0.3) is 5.91 Å². The SMILES string of the molecule is O=C(c1cccnc1)N(CC(O)COc1ccccc1)NCc1ccncc1. The third-order valence-corrected chi connectivity index (χ3v) is 3.96. The smallest absolute Gasteiger partial charge is 0.269 e. The Morgan fingerprint density at radius 3 is 2.54 bits per heavy atom. The summed E-state index contributed by atoms with van der Waals surface area (Å²) in [5.41, 5.74) is 4.47. The fraction of sp³-hybridized carbons (Fsp3) is 0.190. The van der Waals surface area contributed by atoms with Crippen LogP contribution in [-0.4, -0.2) is 45.2 Å². The van der Waals surface area contributed by atoms with Gasteiger partial charge in [0.2, 0.25) is 0 Å². The summed E-state index contributed by atoms with van der Waals surface area (Å²) < 4.78 is 5.58. The van der Waals surface area contributed by atoms with Crippen molar-refractivity contribution in [3.05, 3.63) is 90.5 Å². The van der Waals surface area contributed by atoms with Crippen LogP contribution in [0.5, 0.6) is 5.75 Å². The number of nitrogens with one attached hydrogen (secondary N) is 1. The number of amides is 1. The van der Waals surface area contributed by atoms with Gasteiger partial charge < -0.3 is 9.84 Å². The van der Waals surface area contributed by atoms with Gasteiger partial charge in [0.15, 0.2) is 0 Å². The number of carbonyl (C=O) groups is 1. The zero-order chi connectivity index (χ0) is 19.6. The summed E-state index contributed by atoms with van der Waals surface area (Å²) >= 11 is 0. The molecule has 0 radical (unpaired) electrons. The molecule has 0 fully saturated rings. The molecule has 2 N–H and O–H groups in total. The van der Waals surface area contributed by atoms with Crippen molar-refractivity contribution in [3.8, 4) is 5.75 Å². The average Bonchev–Trinajstić information content (AvgIpc) is 2.76. The molecule has 0 bridgehead atoms. The normalized spacial score (nSPS) is 11.6. The minimum Gasteiger partial charge on any atom is -0.491 e. The number of aromatic nitrogens is 2. The summed E-state index contributed by atoms with van der Waals surface area (Å²) in [6.07, 6.45) is 5.61. The second kappa shape index (κ2) is 10.1. The fourth-order valence-corrected chi connectivity index (χ4v) is 2.52. The molecule has 0 aliphatic rings. The van der Waals surface area contributed by atoms with E-state index in [4.69, 9.17) is 4.74 Å². The maximum atomic E-state index is 12.8. The van der Waals surface area contributed by atoms with Gasteiger partial charge in [-0.15, -0.1) is 0 Å². The fourth-order valence-electron chi connectivity index (χ4n) is 2.52. The third kappa shape index (κ3) is 5.87. The van der Waals surface area contributed by atoms with E-state index in [1.54, 1.807) is 30.7 Å². The minimum atomic E-state index is -0.870. The van der Waals surface area contributed by atoms with Gasteiger partial charge in [-0.2, -0.15) is 0 Å². The van der Waals surface area contributed by atoms with Gasteiger partial charge in [-0.1, -0.05) is 18.2 Å². The summed E-state index contributed by atoms with van der Waals surface area (Å²) in [4.78, 5) is 20.8. The highest BCUT2D eigenvalue weighted by atomic mass is 16.5. The molecule has 144 valence electrons. The first kappa shape index (κ1) is 19.5. The molecule has 0 aliphatic heterocycles. The Hall–Kier alpha value is -3.29. The number of hydrazine groups is 1. The number of nitrogens with zero attached hydrogens (tertiary/aromatic N) is 3. The van der Waals surface area contributed by atoms with Gasteiger partial charge in [-0.3, -0.25) is 19.8 Å². The first-order chi connectivity index (χ1) is 13.7. The van der Waals surface area contributed by atoms with Crippen molar-refractivity contribution < 1.29 is 14.6 Å². The maximum Gasteiger partial charge on any atom is 0.269 e. The van der Waals surface area contributed by atoms with Gasteiger partial charge >= 0.3 is 0 Å². The number of aliphatic hydroxyl groups is 1. The monoisotopic (exact) mass is 378 g/mol. The van der Waals surface area contributed by atoms with Crippen LogP contribution in [0.2, 0.25) is 0 Å². The summed E-state index contributed by atoms with van der Waals surface area (Å²) in [7, 11) is 0. The molecule has 7 heteroatoms. The van der Waals surface area contributed by atoms with E-state index in [2.05, 4.69) is 15.4 Å². The number of ether oxygens (including phenoxy) is 1. The van der Waals surface area contributed by atoms with E-state index in [0.29, 0.717) is 17.9 Å². The molecule has 28 heavy (non-hydrogen) atoms. The number of carbonyl (C=O) groups excluding carboxylic acids is 1. The first-order valence-corrected chi connectivity index (χ1v) is 8.92. The van der Waals surface area contributed by atoms with Crippen molar-refractivity contribution in [2.24, 2.45) is 0 Å². The zero-order valence-corrected chi connectivity index (χ0v) is 15.3. The standard InChI is InChI=1S/C21H22N4O3/c26-19(16-28-20-6-2-1-3-7-20)15-25(21(27)18-5-4-10-23-14-18)24-13-17-8-11-22-12-9-17/h1-12,14,19,24,26H,13,15-16H2. The van der Waals surface area contributed by atoms with Crippen LogP contribution in [0.1, 0.15) is 15.9 Å². The number of para-hydroxylation sites is 1. The van der Waals surface area contributed by atoms with Crippen molar-refractivity contribution in [1.82, 2.24) is 20.4 Å². The Labute approximate surface area is 163 Å². The zero-order valence-electron chi connectivity index (χ0n) is 15.3. The van der Waals surface area contributed by atoms with Crippen LogP contribution in [0.15, 0.2) is 79.4 Å². The van der Waals surface area contributed by atoms with Crippen LogP contribution in [0, 0.1) is 0 Å². The Bertz CT molecular complexity index is 847. The van der Waals surface area contributed by atoms with Gasteiger partial charge in [0.1, 0.15) is 18.5 Å². The summed E-state index contributed by atoms with van der Waals surface area (Å²) in [5, 5.41) is 11.8. The maximum absolute atomic E-state index is 12.8. The molecule has 1 aromatic carbocycles. The van der Waals surface area contributed by atoms with E-state index in [-0.39, 0.29) is 19.1 Å². The van der Waals surface area contributed by atoms with Crippen LogP contribution < -0.4 is 10.2 Å². The first-order valence-electron chi connectivity index (χ1n) is 8.92. The van der Waals surface area contributed by atoms with Crippen molar-refractivity contribution in [3.63, 3.8) is 0 Å². The lowest BCUT2D eigenvalue weighted by Crippen LogP contribution is -2.47. The Morgan fingerprint density at radius 2 is 1.82 bits per heavy atom. The van der Waals surface area contributed by atoms with Gasteiger partial charge in [-0.25, -0.2) is 5.43 Å². The molecule has 1 amide bonds. The van der Waals surface area contributed by atoms with Crippen molar-refractivity contribution in [1.29, 1.82) is 0 Å². The molecule has 2 heterocycles. The lowest BCUT2D eigenvalue weighted by Gasteiger charge is -2.26. The molecule has 1 unspecified atom stereocenters. The van der Waals surface area contributed by atoms with E-state index in [1.807, 2.05) is 42.5 Å². The van der Waals surface area contributed by atoms with Crippen molar-refractivity contribution in [2.75, 3.05) is 13.2 Å². The van der Waals surface area contributed by atoms with Crippen LogP contribution in [0.3, 0.4) is 0 Å². The highest BCUT2D eigenvalue weighted by Gasteiger charge is 2.20. The van der Waals surface area contributed by atoms with E-state index in [1.165, 1.54) is 11.2 Å². The molecule has 0 saturated heterocycles. The largest absolute Gasteiger partial charge is 0.491 e. The Kier molecular flexibility index (Phi) is 7.06. The number of benzene rings is 1. The predicted molar refractivity (Wildman–Crippen MR) is 104 cm³/mol. The van der Waals surface area contributed by atoms with Crippen LogP contribution in [0.4, 0.5) is 0 Å². The molecule has 0 aliphatic carbocycles. The summed E-state index contributed by atoms with van der Waals surface area (Å²) in [5.74, 6) is 0.386. The molecular weight excluding hydrogens is 356 g/mol. The average molecular weight is 378 g/mol. The number of hydrogen-bond acceptors (Lipinski definition) is 6. The molecule has 3 aromatic rings. The van der Waals surface area contributed by atoms with Crippen LogP contribution in [-0.2, 0) is 6.54 Å². The van der Waals surface area contributed by atoms with Gasteiger partial charge in [0.05, 0.1) is 12.1 Å². The van der Waals surface area contributed by atoms with Gasteiger partial charge in [-0.05, 0) is 42.0 Å². The van der Waals surface area contributed by atoms with E-state index in [9.17, 15) is 9.90 Å². The minimum absolute atomic E-state index is 0.0612. The van der Waals surface area contributed by atoms with Crippen molar-refractivity contribution in [2.45, 2.75) is 12.6 Å². The molecule has 3 rings (SSSR count). The topological polar surface area (TPSA) is 87.6 Å². The number of pyridine rings is 2. The number of rotatable bonds is 9. The molecule has 1 atom stereocenters. The quantitative estimate of drug-likeness (QED) is 0.554. The second-order valence-electron chi connectivity index (χ2n) is 6.13. The Morgan fingerprint density at radius 1 is 1.04 bits per heavy atom. The molecule has 0 spiro atoms. The van der Waals surface area contributed by atoms with E-state index < -0.39 is 6.10 Å². The Balaban J connectivity index is 1.63. The summed E-state index contributed by atoms with van der Waals surface area (Å²) in [6.45, 7) is 0.546. The summed E-state index contributed by atoms with van der Waals surface area (Å²) in [6, 6.07) is 16.3. The number of hydrogen-bond donors (Lipinski definition) is 2. The van der Waals surface area contributed by atoms with Gasteiger partial charge in [0, 0.05) is 31.3 Å². The predicted octanol–water partition coefficient (Wildman–Crippen LogP) is 2.06. The van der Waals surface area contributed by atoms with Crippen molar-refractivity contribution >= 4 is 5.91 Å². The third-order valence-electron chi connectivity index (χ3n) is 3.96. The lowest BCUT2D eigenvalue weighted by atomic mass is 10.2. The molecule has 2 aromatic heterocycles. The van der Waals surface area contributed by atoms with Crippen LogP contribution in [0.25, 0.3) is 0 Å². The van der Waals surface area contributed by atoms with E-state index in [0.717, 1.165) is 5.56 Å². The number of aliphatic hydroxyl groups excluding tert-OH is 1. The lowest BCUT2D eigenvalue weighted by molar-refractivity contribution is 0.0353. The molecule has 0 saturated carbocycles. The highest BCUT2D eigenvalue weighted by molar-refractivity contribution is 5.93. The van der Waals surface area contributed by atoms with E-state index >= 15 is 0 Å².